The smallest absolute Gasteiger partial charge is 0.134 e. The minimum Gasteiger partial charge on any atom is -0.493 e. The lowest BCUT2D eigenvalue weighted by atomic mass is 10.1. The number of ether oxygens (including phenoxy) is 4. The Morgan fingerprint density at radius 2 is 0.750 bits per heavy atom. The SMILES string of the molecule is CC(C)CCOc1cc(/C=C/c2cc(OCCC(C)C)c(Br)cc2OCCC(C)C)c(OCCC(C)C)cc1Br. The highest BCUT2D eigenvalue weighted by atomic mass is 79.9. The first-order valence-electron chi connectivity index (χ1n) is 14.8. The van der Waals surface area contributed by atoms with E-state index in [0.29, 0.717) is 50.1 Å². The molecular weight excluding hydrogens is 632 g/mol. The Kier molecular flexibility index (Phi) is 15.5. The lowest BCUT2D eigenvalue weighted by Crippen LogP contribution is -2.05. The predicted octanol–water partition coefficient (Wildman–Crippen LogP) is 11.1. The summed E-state index contributed by atoms with van der Waals surface area (Å²) >= 11 is 7.40. The van der Waals surface area contributed by atoms with Crippen molar-refractivity contribution in [2.45, 2.75) is 81.1 Å². The maximum Gasteiger partial charge on any atom is 0.134 e. The lowest BCUT2D eigenvalue weighted by molar-refractivity contribution is 0.280. The van der Waals surface area contributed by atoms with Crippen LogP contribution in [0.4, 0.5) is 0 Å². The second kappa shape index (κ2) is 18.0. The van der Waals surface area contributed by atoms with E-state index in [-0.39, 0.29) is 0 Å². The van der Waals surface area contributed by atoms with Crippen LogP contribution >= 0.6 is 31.9 Å². The zero-order chi connectivity index (χ0) is 29.7. The molecule has 0 aliphatic heterocycles. The van der Waals surface area contributed by atoms with Gasteiger partial charge in [-0.2, -0.15) is 0 Å². The van der Waals surface area contributed by atoms with Crippen molar-refractivity contribution >= 4 is 44.0 Å². The first kappa shape index (κ1) is 34.5. The van der Waals surface area contributed by atoms with Gasteiger partial charge in [-0.05, 0) is 105 Å². The normalized spacial score (nSPS) is 11.8. The molecule has 0 saturated carbocycles. The minimum absolute atomic E-state index is 0.573. The fourth-order valence-corrected chi connectivity index (χ4v) is 4.51. The number of benzene rings is 2. The van der Waals surface area contributed by atoms with Gasteiger partial charge in [-0.3, -0.25) is 0 Å². The van der Waals surface area contributed by atoms with Crippen LogP contribution in [0.2, 0.25) is 0 Å². The van der Waals surface area contributed by atoms with Crippen LogP contribution in [0.15, 0.2) is 33.2 Å². The third-order valence-corrected chi connectivity index (χ3v) is 7.62. The highest BCUT2D eigenvalue weighted by Gasteiger charge is 2.13. The molecule has 0 aliphatic rings. The van der Waals surface area contributed by atoms with Crippen molar-refractivity contribution in [2.24, 2.45) is 23.7 Å². The second-order valence-corrected chi connectivity index (χ2v) is 13.8. The summed E-state index contributed by atoms with van der Waals surface area (Å²) in [7, 11) is 0. The van der Waals surface area contributed by atoms with E-state index < -0.39 is 0 Å². The predicted molar refractivity (Wildman–Crippen MR) is 177 cm³/mol. The van der Waals surface area contributed by atoms with Crippen molar-refractivity contribution in [2.75, 3.05) is 26.4 Å². The summed E-state index contributed by atoms with van der Waals surface area (Å²) in [4.78, 5) is 0. The average Bonchev–Trinajstić information content (AvgIpc) is 2.85. The van der Waals surface area contributed by atoms with Crippen LogP contribution in [0.25, 0.3) is 12.2 Å². The monoisotopic (exact) mass is 680 g/mol. The fraction of sp³-hybridized carbons (Fsp3) is 0.588. The number of hydrogen-bond acceptors (Lipinski definition) is 4. The molecule has 0 unspecified atom stereocenters. The van der Waals surface area contributed by atoms with Gasteiger partial charge in [0.15, 0.2) is 0 Å². The Hall–Kier alpha value is -1.66. The first-order chi connectivity index (χ1) is 19.0. The van der Waals surface area contributed by atoms with Gasteiger partial charge in [-0.15, -0.1) is 0 Å². The molecule has 0 aliphatic carbocycles. The van der Waals surface area contributed by atoms with Crippen LogP contribution in [0, 0.1) is 23.7 Å². The highest BCUT2D eigenvalue weighted by molar-refractivity contribution is 9.10. The second-order valence-electron chi connectivity index (χ2n) is 12.1. The molecule has 6 heteroatoms. The molecule has 0 spiro atoms. The number of rotatable bonds is 18. The van der Waals surface area contributed by atoms with Crippen LogP contribution in [-0.2, 0) is 0 Å². The molecule has 40 heavy (non-hydrogen) atoms. The Balaban J connectivity index is 2.43. The van der Waals surface area contributed by atoms with E-state index in [2.05, 4.69) is 112 Å². The summed E-state index contributed by atoms with van der Waals surface area (Å²) in [5.41, 5.74) is 1.93. The summed E-state index contributed by atoms with van der Waals surface area (Å²) < 4.78 is 26.6. The van der Waals surface area contributed by atoms with Crippen LogP contribution in [0.1, 0.15) is 92.2 Å². The van der Waals surface area contributed by atoms with Crippen LogP contribution in [0.5, 0.6) is 23.0 Å². The van der Waals surface area contributed by atoms with Gasteiger partial charge in [0.05, 0.1) is 35.4 Å². The maximum absolute atomic E-state index is 6.25. The van der Waals surface area contributed by atoms with E-state index >= 15 is 0 Å². The molecule has 0 N–H and O–H groups in total. The first-order valence-corrected chi connectivity index (χ1v) is 16.4. The number of halogens is 2. The van der Waals surface area contributed by atoms with Gasteiger partial charge in [-0.25, -0.2) is 0 Å². The Morgan fingerprint density at radius 1 is 0.475 bits per heavy atom. The summed E-state index contributed by atoms with van der Waals surface area (Å²) in [6, 6.07) is 8.16. The van der Waals surface area contributed by atoms with Crippen LogP contribution in [-0.4, -0.2) is 26.4 Å². The largest absolute Gasteiger partial charge is 0.493 e. The van der Waals surface area contributed by atoms with Gasteiger partial charge in [0, 0.05) is 11.1 Å². The van der Waals surface area contributed by atoms with Crippen molar-refractivity contribution in [3.05, 3.63) is 44.3 Å². The van der Waals surface area contributed by atoms with Gasteiger partial charge in [-0.1, -0.05) is 67.5 Å². The van der Waals surface area contributed by atoms with Gasteiger partial charge >= 0.3 is 0 Å². The summed E-state index contributed by atoms with van der Waals surface area (Å²) in [5.74, 6) is 5.60. The fourth-order valence-electron chi connectivity index (χ4n) is 3.63. The van der Waals surface area contributed by atoms with Crippen molar-refractivity contribution < 1.29 is 18.9 Å². The molecule has 4 nitrogen and oxygen atoms in total. The van der Waals surface area contributed by atoms with E-state index in [1.807, 2.05) is 12.1 Å². The molecule has 0 saturated heterocycles. The minimum atomic E-state index is 0.573. The van der Waals surface area contributed by atoms with Crippen molar-refractivity contribution in [1.82, 2.24) is 0 Å². The van der Waals surface area contributed by atoms with E-state index in [0.717, 1.165) is 68.8 Å². The quantitative estimate of drug-likeness (QED) is 0.147. The highest BCUT2D eigenvalue weighted by Crippen LogP contribution is 2.37. The molecule has 0 amide bonds. The maximum atomic E-state index is 6.25. The number of hydrogen-bond donors (Lipinski definition) is 0. The zero-order valence-corrected chi connectivity index (χ0v) is 29.0. The molecule has 0 heterocycles. The Labute approximate surface area is 260 Å². The lowest BCUT2D eigenvalue weighted by Gasteiger charge is -2.16. The van der Waals surface area contributed by atoms with Crippen molar-refractivity contribution in [3.8, 4) is 23.0 Å². The molecule has 224 valence electrons. The average molecular weight is 683 g/mol. The molecule has 0 fully saturated rings. The van der Waals surface area contributed by atoms with E-state index in [4.69, 9.17) is 18.9 Å². The summed E-state index contributed by atoms with van der Waals surface area (Å²) in [6.07, 6.45) is 8.15. The zero-order valence-electron chi connectivity index (χ0n) is 25.8. The molecule has 0 bridgehead atoms. The third kappa shape index (κ3) is 12.9. The molecule has 2 aromatic rings. The van der Waals surface area contributed by atoms with Crippen molar-refractivity contribution in [1.29, 1.82) is 0 Å². The molecule has 2 rings (SSSR count). The van der Waals surface area contributed by atoms with Crippen LogP contribution < -0.4 is 18.9 Å². The Bertz CT molecular complexity index is 977. The van der Waals surface area contributed by atoms with E-state index in [9.17, 15) is 0 Å². The van der Waals surface area contributed by atoms with Gasteiger partial charge < -0.3 is 18.9 Å². The molecule has 0 aromatic heterocycles. The molecule has 2 aromatic carbocycles. The van der Waals surface area contributed by atoms with Crippen LogP contribution in [0.3, 0.4) is 0 Å². The Morgan fingerprint density at radius 3 is 1.02 bits per heavy atom. The van der Waals surface area contributed by atoms with Gasteiger partial charge in [0.1, 0.15) is 23.0 Å². The topological polar surface area (TPSA) is 36.9 Å². The molecule has 0 atom stereocenters. The summed E-state index contributed by atoms with van der Waals surface area (Å²) in [6.45, 7) is 20.3. The molecular formula is C34H50Br2O4. The summed E-state index contributed by atoms with van der Waals surface area (Å²) in [5, 5.41) is 0. The molecule has 0 radical (unpaired) electrons. The van der Waals surface area contributed by atoms with E-state index in [1.165, 1.54) is 0 Å². The van der Waals surface area contributed by atoms with Gasteiger partial charge in [0.25, 0.3) is 0 Å². The van der Waals surface area contributed by atoms with E-state index in [1.54, 1.807) is 0 Å². The van der Waals surface area contributed by atoms with Gasteiger partial charge in [0.2, 0.25) is 0 Å². The standard InChI is InChI=1S/C34H50Br2O4/c1-23(2)11-15-37-31-21-29(35)33(39-17-13-25(5)6)19-27(31)9-10-28-20-34(40-18-14-26(7)8)30(36)22-32(28)38-16-12-24(3)4/h9-10,19-26H,11-18H2,1-8H3/b10-9+. The van der Waals surface area contributed by atoms with Crippen molar-refractivity contribution in [3.63, 3.8) is 0 Å². The third-order valence-electron chi connectivity index (χ3n) is 6.38.